The van der Waals surface area contributed by atoms with Crippen LogP contribution in [0.2, 0.25) is 0 Å². The summed E-state index contributed by atoms with van der Waals surface area (Å²) in [6, 6.07) is 0. The van der Waals surface area contributed by atoms with Crippen LogP contribution < -0.4 is 0 Å². The van der Waals surface area contributed by atoms with E-state index in [2.05, 4.69) is 57.2 Å². The number of carbonyl (C=O) groups excluding carboxylic acids is 2. The third-order valence-corrected chi connectivity index (χ3v) is 11.1. The lowest BCUT2D eigenvalue weighted by Gasteiger charge is -2.18. The molecule has 5 heteroatoms. The van der Waals surface area contributed by atoms with Crippen LogP contribution in [0.25, 0.3) is 0 Å². The smallest absolute Gasteiger partial charge is 0.306 e. The van der Waals surface area contributed by atoms with Gasteiger partial charge < -0.3 is 14.2 Å². The second-order valence-corrected chi connectivity index (χ2v) is 17.1. The van der Waals surface area contributed by atoms with E-state index in [-0.39, 0.29) is 25.2 Å². The maximum Gasteiger partial charge on any atom is 0.306 e. The molecule has 0 aromatic rings. The minimum absolute atomic E-state index is 0.0827. The summed E-state index contributed by atoms with van der Waals surface area (Å²) >= 11 is 0. The Morgan fingerprint density at radius 3 is 1.19 bits per heavy atom. The molecule has 0 rings (SSSR count). The van der Waals surface area contributed by atoms with Crippen LogP contribution in [0, 0.1) is 0 Å². The quantitative estimate of drug-likeness (QED) is 0.0348. The van der Waals surface area contributed by atoms with Crippen LogP contribution in [0.4, 0.5) is 0 Å². The first-order valence-electron chi connectivity index (χ1n) is 25.5. The number of hydrogen-bond donors (Lipinski definition) is 0. The molecule has 0 radical (unpaired) electrons. The monoisotopic (exact) mass is 815 g/mol. The second-order valence-electron chi connectivity index (χ2n) is 17.1. The van der Waals surface area contributed by atoms with Gasteiger partial charge in [-0.1, -0.05) is 211 Å². The van der Waals surface area contributed by atoms with E-state index in [1.54, 1.807) is 0 Å². The summed E-state index contributed by atoms with van der Waals surface area (Å²) < 4.78 is 17.4. The number of allylic oxidation sites excluding steroid dienone is 6. The molecule has 340 valence electrons. The van der Waals surface area contributed by atoms with Crippen molar-refractivity contribution < 1.29 is 23.8 Å². The van der Waals surface area contributed by atoms with E-state index in [0.717, 1.165) is 57.8 Å². The Balaban J connectivity index is 4.18. The normalized spacial score (nSPS) is 12.4. The largest absolute Gasteiger partial charge is 0.462 e. The number of rotatable bonds is 47. The number of hydrogen-bond acceptors (Lipinski definition) is 5. The third-order valence-electron chi connectivity index (χ3n) is 11.1. The van der Waals surface area contributed by atoms with Gasteiger partial charge in [0, 0.05) is 19.4 Å². The summed E-state index contributed by atoms with van der Waals surface area (Å²) in [5, 5.41) is 0. The van der Waals surface area contributed by atoms with Gasteiger partial charge in [0.1, 0.15) is 6.61 Å². The van der Waals surface area contributed by atoms with Gasteiger partial charge >= 0.3 is 11.9 Å². The highest BCUT2D eigenvalue weighted by Crippen LogP contribution is 2.14. The number of esters is 2. The van der Waals surface area contributed by atoms with Gasteiger partial charge in [-0.15, -0.1) is 0 Å². The minimum Gasteiger partial charge on any atom is -0.462 e. The molecule has 5 nitrogen and oxygen atoms in total. The van der Waals surface area contributed by atoms with Crippen molar-refractivity contribution in [3.05, 3.63) is 36.5 Å². The van der Waals surface area contributed by atoms with Crippen LogP contribution in [-0.2, 0) is 23.8 Å². The van der Waals surface area contributed by atoms with Gasteiger partial charge in [-0.3, -0.25) is 9.59 Å². The fourth-order valence-electron chi connectivity index (χ4n) is 7.30. The van der Waals surface area contributed by atoms with Crippen molar-refractivity contribution in [2.45, 2.75) is 271 Å². The van der Waals surface area contributed by atoms with Crippen molar-refractivity contribution >= 4 is 11.9 Å². The molecular formula is C53H98O5. The zero-order valence-corrected chi connectivity index (χ0v) is 39.1. The van der Waals surface area contributed by atoms with E-state index in [0.29, 0.717) is 19.4 Å². The molecular weight excluding hydrogens is 717 g/mol. The van der Waals surface area contributed by atoms with Crippen LogP contribution in [0.5, 0.6) is 0 Å². The molecule has 0 aliphatic rings. The standard InChI is InChI=1S/C53H98O5/c1-4-7-10-13-16-19-21-23-25-26-27-29-31-33-36-39-42-45-48-56-49-51(58-53(55)47-44-41-38-34-18-15-12-9-6-3)50-57-52(54)46-43-40-37-35-32-30-28-24-22-20-17-14-11-8-5-2/h16,19,23-25,28,51H,4-15,17-18,20-22,26-27,29-50H2,1-3H3/b19-16-,25-23-,28-24-. The maximum absolute atomic E-state index is 12.7. The van der Waals surface area contributed by atoms with Crippen molar-refractivity contribution in [1.82, 2.24) is 0 Å². The molecule has 0 aliphatic heterocycles. The van der Waals surface area contributed by atoms with Crippen LogP contribution in [0.15, 0.2) is 36.5 Å². The molecule has 0 heterocycles. The lowest BCUT2D eigenvalue weighted by atomic mass is 10.1. The number of carbonyl (C=O) groups is 2. The summed E-state index contributed by atoms with van der Waals surface area (Å²) in [6.45, 7) is 7.79. The highest BCUT2D eigenvalue weighted by Gasteiger charge is 2.17. The van der Waals surface area contributed by atoms with Gasteiger partial charge in [0.05, 0.1) is 6.61 Å². The van der Waals surface area contributed by atoms with Gasteiger partial charge in [-0.2, -0.15) is 0 Å². The molecule has 0 fully saturated rings. The summed E-state index contributed by atoms with van der Waals surface area (Å²) in [4.78, 5) is 25.3. The van der Waals surface area contributed by atoms with Gasteiger partial charge in [-0.25, -0.2) is 0 Å². The molecule has 1 atom stereocenters. The first-order valence-corrected chi connectivity index (χ1v) is 25.5. The number of unbranched alkanes of at least 4 members (excludes halogenated alkanes) is 30. The Morgan fingerprint density at radius 2 is 0.724 bits per heavy atom. The van der Waals surface area contributed by atoms with Crippen molar-refractivity contribution in [3.8, 4) is 0 Å². The first-order chi connectivity index (χ1) is 28.6. The lowest BCUT2D eigenvalue weighted by Crippen LogP contribution is -2.30. The van der Waals surface area contributed by atoms with Gasteiger partial charge in [0.15, 0.2) is 6.10 Å². The highest BCUT2D eigenvalue weighted by molar-refractivity contribution is 5.70. The second kappa shape index (κ2) is 49.5. The molecule has 0 aliphatic carbocycles. The molecule has 58 heavy (non-hydrogen) atoms. The van der Waals surface area contributed by atoms with Crippen molar-refractivity contribution in [2.24, 2.45) is 0 Å². The predicted molar refractivity (Wildman–Crippen MR) is 252 cm³/mol. The number of ether oxygens (including phenoxy) is 3. The van der Waals surface area contributed by atoms with Crippen LogP contribution in [0.3, 0.4) is 0 Å². The summed E-state index contributed by atoms with van der Waals surface area (Å²) in [5.74, 6) is -0.402. The molecule has 0 aromatic carbocycles. The Kier molecular flexibility index (Phi) is 47.9. The van der Waals surface area contributed by atoms with Crippen molar-refractivity contribution in [2.75, 3.05) is 19.8 Å². The van der Waals surface area contributed by atoms with E-state index in [4.69, 9.17) is 14.2 Å². The Morgan fingerprint density at radius 1 is 0.379 bits per heavy atom. The van der Waals surface area contributed by atoms with E-state index in [1.807, 2.05) is 0 Å². The molecule has 1 unspecified atom stereocenters. The topological polar surface area (TPSA) is 61.8 Å². The van der Waals surface area contributed by atoms with Gasteiger partial charge in [-0.05, 0) is 77.0 Å². The van der Waals surface area contributed by atoms with E-state index < -0.39 is 6.10 Å². The molecule has 0 aromatic heterocycles. The molecule has 0 spiro atoms. The van der Waals surface area contributed by atoms with Gasteiger partial charge in [0.2, 0.25) is 0 Å². The summed E-state index contributed by atoms with van der Waals surface area (Å²) in [6.07, 6.45) is 58.6. The third kappa shape index (κ3) is 46.8. The Bertz CT molecular complexity index is 924. The molecule has 0 bridgehead atoms. The lowest BCUT2D eigenvalue weighted by molar-refractivity contribution is -0.163. The average Bonchev–Trinajstić information content (AvgIpc) is 3.22. The molecule has 0 saturated heterocycles. The van der Waals surface area contributed by atoms with E-state index in [1.165, 1.54) is 173 Å². The Labute approximate surface area is 361 Å². The minimum atomic E-state index is -0.536. The van der Waals surface area contributed by atoms with E-state index >= 15 is 0 Å². The van der Waals surface area contributed by atoms with Crippen molar-refractivity contribution in [3.63, 3.8) is 0 Å². The highest BCUT2D eigenvalue weighted by atomic mass is 16.6. The predicted octanol–water partition coefficient (Wildman–Crippen LogP) is 17.0. The summed E-state index contributed by atoms with van der Waals surface area (Å²) in [5.41, 5.74) is 0. The molecule has 0 saturated carbocycles. The first kappa shape index (κ1) is 56.1. The average molecular weight is 815 g/mol. The van der Waals surface area contributed by atoms with Gasteiger partial charge in [0.25, 0.3) is 0 Å². The fourth-order valence-corrected chi connectivity index (χ4v) is 7.30. The fraction of sp³-hybridized carbons (Fsp3) is 0.849. The Hall–Kier alpha value is -1.88. The van der Waals surface area contributed by atoms with Crippen molar-refractivity contribution in [1.29, 1.82) is 0 Å². The molecule has 0 amide bonds. The SMILES string of the molecule is CCCCC/C=C\C/C=C\CCCCCCCCCCOCC(COC(=O)CCCCCCC/C=C\CCCCCCCC)OC(=O)CCCCCCCCCCC. The van der Waals surface area contributed by atoms with Crippen LogP contribution in [0.1, 0.15) is 265 Å². The zero-order chi connectivity index (χ0) is 42.1. The van der Waals surface area contributed by atoms with Crippen LogP contribution >= 0.6 is 0 Å². The summed E-state index contributed by atoms with van der Waals surface area (Å²) in [7, 11) is 0. The van der Waals surface area contributed by atoms with Crippen LogP contribution in [-0.4, -0.2) is 37.9 Å². The maximum atomic E-state index is 12.7. The zero-order valence-electron chi connectivity index (χ0n) is 39.1. The van der Waals surface area contributed by atoms with E-state index in [9.17, 15) is 9.59 Å². The molecule has 0 N–H and O–H groups in total.